The number of imide groups is 1. The summed E-state index contributed by atoms with van der Waals surface area (Å²) in [5.41, 5.74) is 5.55. The maximum absolute atomic E-state index is 12.0. The highest BCUT2D eigenvalue weighted by Crippen LogP contribution is 2.28. The lowest BCUT2D eigenvalue weighted by atomic mass is 10.1. The second-order valence-corrected chi connectivity index (χ2v) is 6.90. The number of aromatic nitrogens is 2. The number of H-pyrrole nitrogens is 1. The van der Waals surface area contributed by atoms with Crippen molar-refractivity contribution in [1.82, 2.24) is 15.3 Å². The minimum atomic E-state index is -0.345. The predicted octanol–water partition coefficient (Wildman–Crippen LogP) is 2.46. The van der Waals surface area contributed by atoms with Crippen LogP contribution in [0.25, 0.3) is 22.5 Å². The monoisotopic (exact) mass is 384 g/mol. The van der Waals surface area contributed by atoms with Gasteiger partial charge in [0.25, 0.3) is 17.7 Å². The van der Waals surface area contributed by atoms with Gasteiger partial charge in [-0.1, -0.05) is 12.1 Å². The Balaban J connectivity index is 1.45. The van der Waals surface area contributed by atoms with Crippen molar-refractivity contribution in [2.75, 3.05) is 11.4 Å². The molecular weight excluding hydrogens is 368 g/mol. The molecule has 2 aliphatic rings. The Labute approximate surface area is 166 Å². The Bertz CT molecular complexity index is 1170. The first-order valence-corrected chi connectivity index (χ1v) is 9.23. The van der Waals surface area contributed by atoms with Crippen molar-refractivity contribution in [1.29, 1.82) is 0 Å². The summed E-state index contributed by atoms with van der Waals surface area (Å²) in [6, 6.07) is 12.8. The molecule has 7 nitrogen and oxygen atoms in total. The van der Waals surface area contributed by atoms with E-state index in [1.54, 1.807) is 18.3 Å². The summed E-state index contributed by atoms with van der Waals surface area (Å²) in [6.07, 6.45) is 5.02. The molecule has 0 unspecified atom stereocenters. The van der Waals surface area contributed by atoms with Crippen LogP contribution in [-0.2, 0) is 16.0 Å². The maximum atomic E-state index is 12.0. The van der Waals surface area contributed by atoms with Gasteiger partial charge in [-0.15, -0.1) is 0 Å². The number of hydrogen-bond acceptors (Lipinski definition) is 4. The van der Waals surface area contributed by atoms with Gasteiger partial charge in [-0.3, -0.25) is 19.4 Å². The van der Waals surface area contributed by atoms with Crippen LogP contribution in [0.2, 0.25) is 0 Å². The van der Waals surface area contributed by atoms with E-state index in [1.165, 1.54) is 12.2 Å². The summed E-state index contributed by atoms with van der Waals surface area (Å²) in [4.78, 5) is 44.6. The predicted molar refractivity (Wildman–Crippen MR) is 107 cm³/mol. The van der Waals surface area contributed by atoms with Crippen molar-refractivity contribution in [3.05, 3.63) is 72.1 Å². The number of carbonyl (C=O) groups is 3. The van der Waals surface area contributed by atoms with E-state index < -0.39 is 0 Å². The Morgan fingerprint density at radius 2 is 1.66 bits per heavy atom. The third kappa shape index (κ3) is 2.93. The Morgan fingerprint density at radius 1 is 0.897 bits per heavy atom. The number of aromatic amines is 1. The van der Waals surface area contributed by atoms with Crippen LogP contribution in [0.5, 0.6) is 0 Å². The Kier molecular flexibility index (Phi) is 3.87. The number of nitrogens with zero attached hydrogens (tertiary/aromatic N) is 2. The van der Waals surface area contributed by atoms with Gasteiger partial charge in [0.2, 0.25) is 0 Å². The molecule has 5 rings (SSSR count). The molecule has 0 atom stereocenters. The molecule has 0 saturated carbocycles. The summed E-state index contributed by atoms with van der Waals surface area (Å²) < 4.78 is 0. The summed E-state index contributed by atoms with van der Waals surface area (Å²) in [5.74, 6) is -0.746. The summed E-state index contributed by atoms with van der Waals surface area (Å²) in [6.45, 7) is 0.636. The fraction of sp³-hybridized carbons (Fsp3) is 0.0909. The zero-order valence-electron chi connectivity index (χ0n) is 15.3. The topological polar surface area (TPSA) is 95.2 Å². The number of carbonyl (C=O) groups excluding carboxylic acids is 3. The molecule has 0 bridgehead atoms. The molecule has 29 heavy (non-hydrogen) atoms. The van der Waals surface area contributed by atoms with Crippen LogP contribution in [0.15, 0.2) is 60.8 Å². The van der Waals surface area contributed by atoms with E-state index in [9.17, 15) is 14.4 Å². The standard InChI is InChI=1S/C22H16N4O3/c27-20-5-6-21(28)26(20)15-3-1-13(2-4-15)18-11-14(7-9-23-18)19-12-16-17(25-19)8-10-24-22(16)29/h1-7,9,11-12,25H,8,10H2,(H,24,29). The molecule has 0 saturated heterocycles. The number of nitrogens with one attached hydrogen (secondary N) is 2. The van der Waals surface area contributed by atoms with Crippen LogP contribution >= 0.6 is 0 Å². The number of anilines is 1. The van der Waals surface area contributed by atoms with Gasteiger partial charge in [-0.2, -0.15) is 0 Å². The minimum absolute atomic E-state index is 0.0564. The van der Waals surface area contributed by atoms with Crippen LogP contribution < -0.4 is 10.2 Å². The molecule has 2 aliphatic heterocycles. The summed E-state index contributed by atoms with van der Waals surface area (Å²) >= 11 is 0. The van der Waals surface area contributed by atoms with E-state index in [-0.39, 0.29) is 17.7 Å². The highest BCUT2D eigenvalue weighted by molar-refractivity contribution is 6.28. The largest absolute Gasteiger partial charge is 0.358 e. The van der Waals surface area contributed by atoms with Gasteiger partial charge in [0.15, 0.2) is 0 Å². The first kappa shape index (κ1) is 17.1. The van der Waals surface area contributed by atoms with Crippen molar-refractivity contribution >= 4 is 23.4 Å². The third-order valence-corrected chi connectivity index (χ3v) is 5.11. The lowest BCUT2D eigenvalue weighted by molar-refractivity contribution is -0.119. The highest BCUT2D eigenvalue weighted by atomic mass is 16.2. The molecule has 2 N–H and O–H groups in total. The number of rotatable bonds is 3. The summed E-state index contributed by atoms with van der Waals surface area (Å²) in [7, 11) is 0. The fourth-order valence-electron chi connectivity index (χ4n) is 3.64. The molecule has 7 heteroatoms. The zero-order chi connectivity index (χ0) is 20.0. The second-order valence-electron chi connectivity index (χ2n) is 6.90. The van der Waals surface area contributed by atoms with Gasteiger partial charge in [0, 0.05) is 53.8 Å². The lowest BCUT2D eigenvalue weighted by Gasteiger charge is -2.14. The molecule has 0 spiro atoms. The molecule has 142 valence electrons. The van der Waals surface area contributed by atoms with Crippen LogP contribution in [0.1, 0.15) is 16.1 Å². The van der Waals surface area contributed by atoms with E-state index in [2.05, 4.69) is 15.3 Å². The van der Waals surface area contributed by atoms with E-state index in [1.807, 2.05) is 30.3 Å². The zero-order valence-corrected chi connectivity index (χ0v) is 15.3. The lowest BCUT2D eigenvalue weighted by Crippen LogP contribution is -2.31. The van der Waals surface area contributed by atoms with Crippen LogP contribution in [-0.4, -0.2) is 34.2 Å². The highest BCUT2D eigenvalue weighted by Gasteiger charge is 2.25. The van der Waals surface area contributed by atoms with Crippen molar-refractivity contribution in [2.24, 2.45) is 0 Å². The molecule has 3 aromatic rings. The van der Waals surface area contributed by atoms with Crippen molar-refractivity contribution in [3.63, 3.8) is 0 Å². The van der Waals surface area contributed by atoms with Crippen LogP contribution in [0.4, 0.5) is 5.69 Å². The Morgan fingerprint density at radius 3 is 2.38 bits per heavy atom. The number of hydrogen-bond donors (Lipinski definition) is 2. The van der Waals surface area contributed by atoms with E-state index in [4.69, 9.17) is 0 Å². The van der Waals surface area contributed by atoms with Crippen molar-refractivity contribution in [3.8, 4) is 22.5 Å². The van der Waals surface area contributed by atoms with Crippen LogP contribution in [0, 0.1) is 0 Å². The smallest absolute Gasteiger partial charge is 0.258 e. The minimum Gasteiger partial charge on any atom is -0.358 e. The van der Waals surface area contributed by atoms with Crippen LogP contribution in [0.3, 0.4) is 0 Å². The molecular formula is C22H16N4O3. The van der Waals surface area contributed by atoms with E-state index >= 15 is 0 Å². The molecule has 1 aromatic carbocycles. The van der Waals surface area contributed by atoms with E-state index in [0.717, 1.165) is 39.5 Å². The normalized spacial score (nSPS) is 15.6. The summed E-state index contributed by atoms with van der Waals surface area (Å²) in [5, 5.41) is 2.85. The quantitative estimate of drug-likeness (QED) is 0.678. The number of benzene rings is 1. The molecule has 2 aromatic heterocycles. The van der Waals surface area contributed by atoms with Crippen molar-refractivity contribution < 1.29 is 14.4 Å². The first-order chi connectivity index (χ1) is 14.1. The molecule has 3 amide bonds. The second kappa shape index (κ2) is 6.56. The Hall–Kier alpha value is -4.00. The van der Waals surface area contributed by atoms with E-state index in [0.29, 0.717) is 17.8 Å². The molecule has 4 heterocycles. The SMILES string of the molecule is O=C1NCCc2[nH]c(-c3ccnc(-c4ccc(N5C(=O)C=CC5=O)cc4)c3)cc21. The number of pyridine rings is 1. The average molecular weight is 384 g/mol. The van der Waals surface area contributed by atoms with Gasteiger partial charge in [-0.05, 0) is 30.3 Å². The third-order valence-electron chi connectivity index (χ3n) is 5.11. The molecule has 0 radical (unpaired) electrons. The van der Waals surface area contributed by atoms with Gasteiger partial charge in [0.05, 0.1) is 16.9 Å². The maximum Gasteiger partial charge on any atom is 0.258 e. The van der Waals surface area contributed by atoms with Gasteiger partial charge in [0.1, 0.15) is 0 Å². The fourth-order valence-corrected chi connectivity index (χ4v) is 3.64. The number of fused-ring (bicyclic) bond motifs is 1. The van der Waals surface area contributed by atoms with Crippen molar-refractivity contribution in [2.45, 2.75) is 6.42 Å². The van der Waals surface area contributed by atoms with Gasteiger partial charge >= 0.3 is 0 Å². The van der Waals surface area contributed by atoms with Gasteiger partial charge < -0.3 is 10.3 Å². The average Bonchev–Trinajstić information content (AvgIpc) is 3.33. The first-order valence-electron chi connectivity index (χ1n) is 9.23. The van der Waals surface area contributed by atoms with Gasteiger partial charge in [-0.25, -0.2) is 4.90 Å². The molecule has 0 fully saturated rings. The number of amides is 3. The molecule has 0 aliphatic carbocycles.